The molecule has 2 aliphatic heterocycles. The van der Waals surface area contributed by atoms with Crippen LogP contribution < -0.4 is 0 Å². The minimum Gasteiger partial charge on any atom is -0.342 e. The molecule has 4 rings (SSSR count). The number of aromatic nitrogens is 2. The van der Waals surface area contributed by atoms with Gasteiger partial charge in [-0.15, -0.1) is 0 Å². The zero-order valence-electron chi connectivity index (χ0n) is 17.7. The number of hydrogen-bond acceptors (Lipinski definition) is 5. The van der Waals surface area contributed by atoms with E-state index in [-0.39, 0.29) is 24.1 Å². The highest BCUT2D eigenvalue weighted by Gasteiger charge is 2.45. The number of halogens is 1. The van der Waals surface area contributed by atoms with Crippen molar-refractivity contribution in [1.29, 1.82) is 0 Å². The van der Waals surface area contributed by atoms with E-state index in [4.69, 9.17) is 4.52 Å². The molecule has 31 heavy (non-hydrogen) atoms. The van der Waals surface area contributed by atoms with Crippen LogP contribution in [0.25, 0.3) is 0 Å². The summed E-state index contributed by atoms with van der Waals surface area (Å²) in [7, 11) is 0. The van der Waals surface area contributed by atoms with Crippen molar-refractivity contribution in [1.82, 2.24) is 19.9 Å². The van der Waals surface area contributed by atoms with E-state index in [0.717, 1.165) is 18.4 Å². The molecule has 0 aliphatic carbocycles. The van der Waals surface area contributed by atoms with Crippen molar-refractivity contribution in [2.45, 2.75) is 45.6 Å². The van der Waals surface area contributed by atoms with Gasteiger partial charge in [-0.25, -0.2) is 4.39 Å². The smallest absolute Gasteiger partial charge is 0.231 e. The number of carbonyl (C=O) groups is 2. The van der Waals surface area contributed by atoms with Crippen molar-refractivity contribution < 1.29 is 18.5 Å². The van der Waals surface area contributed by atoms with Gasteiger partial charge in [0.2, 0.25) is 17.7 Å². The van der Waals surface area contributed by atoms with Crippen LogP contribution in [0, 0.1) is 18.2 Å². The lowest BCUT2D eigenvalue weighted by atomic mass is 9.76. The molecule has 0 radical (unpaired) electrons. The van der Waals surface area contributed by atoms with Crippen LogP contribution in [0.3, 0.4) is 0 Å². The second-order valence-corrected chi connectivity index (χ2v) is 8.42. The van der Waals surface area contributed by atoms with Crippen molar-refractivity contribution in [3.63, 3.8) is 0 Å². The molecule has 0 bridgehead atoms. The molecule has 1 atom stereocenters. The summed E-state index contributed by atoms with van der Waals surface area (Å²) in [6, 6.07) is 6.24. The minimum atomic E-state index is -0.609. The Balaban J connectivity index is 1.44. The van der Waals surface area contributed by atoms with Gasteiger partial charge < -0.3 is 14.3 Å². The Labute approximate surface area is 180 Å². The third kappa shape index (κ3) is 4.84. The van der Waals surface area contributed by atoms with Crippen LogP contribution >= 0.6 is 0 Å². The average Bonchev–Trinajstić information content (AvgIpc) is 3.14. The molecule has 8 heteroatoms. The van der Waals surface area contributed by atoms with Crippen molar-refractivity contribution in [2.24, 2.45) is 5.41 Å². The first-order valence-corrected chi connectivity index (χ1v) is 10.7. The maximum atomic E-state index is 13.6. The monoisotopic (exact) mass is 426 g/mol. The number of likely N-dealkylation sites (tertiary alicyclic amines) is 1. The number of carbonyl (C=O) groups excluding carboxylic acids is 2. The predicted octanol–water partition coefficient (Wildman–Crippen LogP) is 3.05. The number of piperidine rings is 1. The number of aryl methyl sites for hydroxylation is 2. The Morgan fingerprint density at radius 1 is 1.26 bits per heavy atom. The SMILES string of the molecule is Cc1noc(CCC(=O)N2CCC[C@@]3(CC=CCN(Cc4ccc(F)cc4)C3=O)C2)n1. The highest BCUT2D eigenvalue weighted by molar-refractivity contribution is 5.85. The summed E-state index contributed by atoms with van der Waals surface area (Å²) < 4.78 is 18.3. The first-order chi connectivity index (χ1) is 14.9. The molecule has 1 aromatic heterocycles. The van der Waals surface area contributed by atoms with E-state index in [2.05, 4.69) is 16.2 Å². The Morgan fingerprint density at radius 2 is 2.06 bits per heavy atom. The van der Waals surface area contributed by atoms with Gasteiger partial charge in [0.05, 0.1) is 5.41 Å². The summed E-state index contributed by atoms with van der Waals surface area (Å²) in [6.07, 6.45) is 6.90. The van der Waals surface area contributed by atoms with E-state index in [1.54, 1.807) is 24.0 Å². The third-order valence-electron chi connectivity index (χ3n) is 6.08. The lowest BCUT2D eigenvalue weighted by molar-refractivity contribution is -0.148. The molecular weight excluding hydrogens is 399 g/mol. The van der Waals surface area contributed by atoms with Gasteiger partial charge in [0.25, 0.3) is 0 Å². The summed E-state index contributed by atoms with van der Waals surface area (Å²) >= 11 is 0. The number of benzene rings is 1. The largest absolute Gasteiger partial charge is 0.342 e. The van der Waals surface area contributed by atoms with Gasteiger partial charge >= 0.3 is 0 Å². The molecule has 2 aliphatic rings. The molecule has 7 nitrogen and oxygen atoms in total. The molecule has 2 aromatic rings. The van der Waals surface area contributed by atoms with Gasteiger partial charge in [0.15, 0.2) is 5.82 Å². The van der Waals surface area contributed by atoms with Crippen LogP contribution in [0.4, 0.5) is 4.39 Å². The number of hydrogen-bond donors (Lipinski definition) is 0. The Hall–Kier alpha value is -3.03. The molecule has 164 valence electrons. The fourth-order valence-corrected chi connectivity index (χ4v) is 4.46. The van der Waals surface area contributed by atoms with E-state index in [1.807, 2.05) is 11.0 Å². The van der Waals surface area contributed by atoms with Crippen LogP contribution in [-0.2, 0) is 22.6 Å². The van der Waals surface area contributed by atoms with Crippen molar-refractivity contribution in [3.05, 3.63) is 59.5 Å². The van der Waals surface area contributed by atoms with Crippen molar-refractivity contribution >= 4 is 11.8 Å². The normalized spacial score (nSPS) is 21.5. The minimum absolute atomic E-state index is 0.000962. The van der Waals surface area contributed by atoms with Crippen LogP contribution in [0.2, 0.25) is 0 Å². The highest BCUT2D eigenvalue weighted by Crippen LogP contribution is 2.38. The van der Waals surface area contributed by atoms with Crippen molar-refractivity contribution in [2.75, 3.05) is 19.6 Å². The Bertz CT molecular complexity index is 971. The summed E-state index contributed by atoms with van der Waals surface area (Å²) in [5.74, 6) is 0.778. The summed E-state index contributed by atoms with van der Waals surface area (Å²) in [5, 5.41) is 3.75. The van der Waals surface area contributed by atoms with Crippen LogP contribution in [0.1, 0.15) is 43.0 Å². The van der Waals surface area contributed by atoms with Gasteiger partial charge in [0.1, 0.15) is 5.82 Å². The summed E-state index contributed by atoms with van der Waals surface area (Å²) in [6.45, 7) is 3.75. The topological polar surface area (TPSA) is 79.5 Å². The average molecular weight is 426 g/mol. The summed E-state index contributed by atoms with van der Waals surface area (Å²) in [4.78, 5) is 34.2. The molecule has 0 N–H and O–H groups in total. The van der Waals surface area contributed by atoms with E-state index in [1.165, 1.54) is 12.1 Å². The standard InChI is InChI=1S/C23H27FN4O3/c1-17-25-20(31-26-17)9-10-21(29)28-14-4-12-23(16-28)11-2-3-13-27(22(23)30)15-18-5-7-19(24)8-6-18/h2-3,5-8H,4,9-16H2,1H3/t23-/m0/s1. The molecule has 2 amide bonds. The lowest BCUT2D eigenvalue weighted by Gasteiger charge is -2.43. The number of allylic oxidation sites excluding steroid dienone is 1. The molecule has 1 saturated heterocycles. The van der Waals surface area contributed by atoms with Crippen LogP contribution in [0.5, 0.6) is 0 Å². The van der Waals surface area contributed by atoms with Gasteiger partial charge in [-0.3, -0.25) is 9.59 Å². The molecule has 0 saturated carbocycles. The third-order valence-corrected chi connectivity index (χ3v) is 6.08. The van der Waals surface area contributed by atoms with Gasteiger partial charge in [0, 0.05) is 39.0 Å². The number of rotatable bonds is 5. The molecule has 1 aromatic carbocycles. The quantitative estimate of drug-likeness (QED) is 0.687. The van der Waals surface area contributed by atoms with Gasteiger partial charge in [-0.05, 0) is 43.9 Å². The van der Waals surface area contributed by atoms with E-state index >= 15 is 0 Å². The Morgan fingerprint density at radius 3 is 2.81 bits per heavy atom. The maximum absolute atomic E-state index is 13.6. The second kappa shape index (κ2) is 8.99. The van der Waals surface area contributed by atoms with Crippen LogP contribution in [0.15, 0.2) is 40.9 Å². The van der Waals surface area contributed by atoms with Gasteiger partial charge in [-0.2, -0.15) is 4.98 Å². The maximum Gasteiger partial charge on any atom is 0.231 e. The molecule has 0 unspecified atom stereocenters. The van der Waals surface area contributed by atoms with E-state index in [9.17, 15) is 14.0 Å². The first kappa shape index (κ1) is 21.2. The Kier molecular flexibility index (Phi) is 6.15. The fraction of sp³-hybridized carbons (Fsp3) is 0.478. The molecule has 3 heterocycles. The lowest BCUT2D eigenvalue weighted by Crippen LogP contribution is -2.53. The molecule has 1 spiro atoms. The zero-order chi connectivity index (χ0) is 21.8. The number of amides is 2. The van der Waals surface area contributed by atoms with Crippen LogP contribution in [-0.4, -0.2) is 51.4 Å². The number of nitrogens with zero attached hydrogens (tertiary/aromatic N) is 4. The zero-order valence-corrected chi connectivity index (χ0v) is 17.7. The predicted molar refractivity (Wildman–Crippen MR) is 111 cm³/mol. The second-order valence-electron chi connectivity index (χ2n) is 8.42. The van der Waals surface area contributed by atoms with Gasteiger partial charge in [-0.1, -0.05) is 29.4 Å². The fourth-order valence-electron chi connectivity index (χ4n) is 4.46. The molecule has 1 fully saturated rings. The highest BCUT2D eigenvalue weighted by atomic mass is 19.1. The van der Waals surface area contributed by atoms with E-state index in [0.29, 0.717) is 50.7 Å². The van der Waals surface area contributed by atoms with Crippen molar-refractivity contribution in [3.8, 4) is 0 Å². The summed E-state index contributed by atoms with van der Waals surface area (Å²) in [5.41, 5.74) is 0.279. The van der Waals surface area contributed by atoms with E-state index < -0.39 is 5.41 Å². The molecular formula is C23H27FN4O3. The first-order valence-electron chi connectivity index (χ1n) is 10.7.